The molecule has 0 heterocycles. The first-order chi connectivity index (χ1) is 11.4. The molecular formula is C23H30. The standard InChI is InChI=1S/C23H30/c1-2-3-6-14-21-17-11-18-22(19-12-7-4-8-13-19)23(21)20-15-9-5-10-16-20/h4,7-8,11-13,17-18,20H,2-3,5-6,9-10,14-16H2,1H3. The summed E-state index contributed by atoms with van der Waals surface area (Å²) in [5.74, 6) is 0.775. The molecule has 0 unspecified atom stereocenters. The zero-order valence-electron chi connectivity index (χ0n) is 14.6. The van der Waals surface area contributed by atoms with Gasteiger partial charge in [0.1, 0.15) is 0 Å². The minimum atomic E-state index is 0.775. The van der Waals surface area contributed by atoms with Crippen molar-refractivity contribution in [2.75, 3.05) is 0 Å². The maximum atomic E-state index is 2.39. The van der Waals surface area contributed by atoms with Gasteiger partial charge in [-0.3, -0.25) is 0 Å². The summed E-state index contributed by atoms with van der Waals surface area (Å²) < 4.78 is 0. The van der Waals surface area contributed by atoms with Crippen LogP contribution in [0.4, 0.5) is 0 Å². The lowest BCUT2D eigenvalue weighted by Crippen LogP contribution is -2.09. The summed E-state index contributed by atoms with van der Waals surface area (Å²) in [6.07, 6.45) is 12.2. The van der Waals surface area contributed by atoms with Crippen LogP contribution in [0.25, 0.3) is 11.1 Å². The summed E-state index contributed by atoms with van der Waals surface area (Å²) in [6.45, 7) is 2.29. The molecule has 0 heteroatoms. The topological polar surface area (TPSA) is 0 Å². The summed E-state index contributed by atoms with van der Waals surface area (Å²) >= 11 is 0. The van der Waals surface area contributed by atoms with Crippen molar-refractivity contribution in [2.24, 2.45) is 0 Å². The molecule has 0 spiro atoms. The molecule has 0 amide bonds. The van der Waals surface area contributed by atoms with E-state index in [0.29, 0.717) is 0 Å². The van der Waals surface area contributed by atoms with Crippen LogP contribution in [0, 0.1) is 0 Å². The van der Waals surface area contributed by atoms with Gasteiger partial charge in [-0.1, -0.05) is 87.6 Å². The van der Waals surface area contributed by atoms with Crippen molar-refractivity contribution < 1.29 is 0 Å². The molecule has 0 N–H and O–H groups in total. The maximum absolute atomic E-state index is 2.39. The molecule has 23 heavy (non-hydrogen) atoms. The first kappa shape index (κ1) is 16.3. The van der Waals surface area contributed by atoms with Gasteiger partial charge >= 0.3 is 0 Å². The molecule has 0 radical (unpaired) electrons. The summed E-state index contributed by atoms with van der Waals surface area (Å²) in [4.78, 5) is 0. The predicted molar refractivity (Wildman–Crippen MR) is 101 cm³/mol. The van der Waals surface area contributed by atoms with Crippen molar-refractivity contribution in [3.05, 3.63) is 59.7 Å². The van der Waals surface area contributed by atoms with Crippen LogP contribution in [0.3, 0.4) is 0 Å². The minimum absolute atomic E-state index is 0.775. The van der Waals surface area contributed by atoms with Crippen LogP contribution >= 0.6 is 0 Å². The lowest BCUT2D eigenvalue weighted by Gasteiger charge is -2.27. The van der Waals surface area contributed by atoms with E-state index in [2.05, 4.69) is 55.5 Å². The fourth-order valence-corrected chi connectivity index (χ4v) is 4.14. The van der Waals surface area contributed by atoms with Gasteiger partial charge in [-0.15, -0.1) is 0 Å². The van der Waals surface area contributed by atoms with E-state index in [4.69, 9.17) is 0 Å². The van der Waals surface area contributed by atoms with E-state index < -0.39 is 0 Å². The van der Waals surface area contributed by atoms with E-state index >= 15 is 0 Å². The molecule has 1 fully saturated rings. The monoisotopic (exact) mass is 306 g/mol. The zero-order chi connectivity index (χ0) is 15.9. The van der Waals surface area contributed by atoms with Crippen LogP contribution in [0.1, 0.15) is 75.3 Å². The molecule has 0 nitrogen and oxygen atoms in total. The van der Waals surface area contributed by atoms with Gasteiger partial charge in [-0.05, 0) is 53.9 Å². The van der Waals surface area contributed by atoms with Crippen molar-refractivity contribution in [1.82, 2.24) is 0 Å². The Balaban J connectivity index is 1.98. The van der Waals surface area contributed by atoms with Crippen LogP contribution in [0.15, 0.2) is 48.5 Å². The number of aryl methyl sites for hydroxylation is 1. The third-order valence-corrected chi connectivity index (χ3v) is 5.34. The predicted octanol–water partition coefficient (Wildman–Crippen LogP) is 7.13. The Morgan fingerprint density at radius 3 is 2.35 bits per heavy atom. The Labute approximate surface area is 141 Å². The van der Waals surface area contributed by atoms with Gasteiger partial charge in [-0.25, -0.2) is 0 Å². The summed E-state index contributed by atoms with van der Waals surface area (Å²) in [7, 11) is 0. The van der Waals surface area contributed by atoms with Gasteiger partial charge in [0.05, 0.1) is 0 Å². The molecule has 0 atom stereocenters. The molecule has 0 aliphatic heterocycles. The molecule has 0 saturated heterocycles. The fraction of sp³-hybridized carbons (Fsp3) is 0.478. The van der Waals surface area contributed by atoms with E-state index in [1.54, 1.807) is 11.1 Å². The molecule has 0 aromatic heterocycles. The lowest BCUT2D eigenvalue weighted by molar-refractivity contribution is 0.442. The highest BCUT2D eigenvalue weighted by molar-refractivity contribution is 5.69. The average molecular weight is 306 g/mol. The molecular weight excluding hydrogens is 276 g/mol. The van der Waals surface area contributed by atoms with Gasteiger partial charge in [0.2, 0.25) is 0 Å². The third kappa shape index (κ3) is 4.05. The molecule has 122 valence electrons. The first-order valence-electron chi connectivity index (χ1n) is 9.57. The number of hydrogen-bond acceptors (Lipinski definition) is 0. The van der Waals surface area contributed by atoms with E-state index in [9.17, 15) is 0 Å². The SMILES string of the molecule is CCCCCc1cccc(-c2ccccc2)c1C1CCCCC1. The largest absolute Gasteiger partial charge is 0.0654 e. The molecule has 2 aromatic rings. The highest BCUT2D eigenvalue weighted by Gasteiger charge is 2.21. The fourth-order valence-electron chi connectivity index (χ4n) is 4.14. The average Bonchev–Trinajstić information content (AvgIpc) is 2.63. The maximum Gasteiger partial charge on any atom is -0.0146 e. The van der Waals surface area contributed by atoms with Crippen LogP contribution in [-0.2, 0) is 6.42 Å². The quantitative estimate of drug-likeness (QED) is 0.498. The van der Waals surface area contributed by atoms with Crippen molar-refractivity contribution in [3.8, 4) is 11.1 Å². The van der Waals surface area contributed by atoms with Gasteiger partial charge in [0.15, 0.2) is 0 Å². The lowest BCUT2D eigenvalue weighted by atomic mass is 9.78. The molecule has 1 aliphatic rings. The Bertz CT molecular complexity index is 591. The smallest absolute Gasteiger partial charge is 0.0146 e. The van der Waals surface area contributed by atoms with Gasteiger partial charge in [-0.2, -0.15) is 0 Å². The van der Waals surface area contributed by atoms with Crippen molar-refractivity contribution in [2.45, 2.75) is 70.6 Å². The summed E-state index contributed by atoms with van der Waals surface area (Å²) in [6, 6.07) is 18.0. The number of rotatable bonds is 6. The molecule has 2 aromatic carbocycles. The van der Waals surface area contributed by atoms with Gasteiger partial charge in [0, 0.05) is 0 Å². The molecule has 0 bridgehead atoms. The Morgan fingerprint density at radius 1 is 0.826 bits per heavy atom. The van der Waals surface area contributed by atoms with Gasteiger partial charge < -0.3 is 0 Å². The number of unbranched alkanes of at least 4 members (excludes halogenated alkanes) is 2. The normalized spacial score (nSPS) is 15.7. The van der Waals surface area contributed by atoms with E-state index in [-0.39, 0.29) is 0 Å². The number of hydrogen-bond donors (Lipinski definition) is 0. The van der Waals surface area contributed by atoms with Crippen molar-refractivity contribution in [1.29, 1.82) is 0 Å². The third-order valence-electron chi connectivity index (χ3n) is 5.34. The molecule has 3 rings (SSSR count). The Morgan fingerprint density at radius 2 is 1.61 bits per heavy atom. The van der Waals surface area contributed by atoms with Crippen LogP contribution < -0.4 is 0 Å². The minimum Gasteiger partial charge on any atom is -0.0654 e. The highest BCUT2D eigenvalue weighted by atomic mass is 14.3. The zero-order valence-corrected chi connectivity index (χ0v) is 14.6. The molecule has 1 saturated carbocycles. The summed E-state index contributed by atoms with van der Waals surface area (Å²) in [5.41, 5.74) is 6.18. The van der Waals surface area contributed by atoms with Crippen molar-refractivity contribution >= 4 is 0 Å². The second kappa shape index (κ2) is 8.34. The van der Waals surface area contributed by atoms with Crippen molar-refractivity contribution in [3.63, 3.8) is 0 Å². The van der Waals surface area contributed by atoms with E-state index in [1.165, 1.54) is 68.9 Å². The van der Waals surface area contributed by atoms with Crippen LogP contribution in [-0.4, -0.2) is 0 Å². The Kier molecular flexibility index (Phi) is 5.91. The van der Waals surface area contributed by atoms with Gasteiger partial charge in [0.25, 0.3) is 0 Å². The number of benzene rings is 2. The molecule has 1 aliphatic carbocycles. The second-order valence-electron chi connectivity index (χ2n) is 7.04. The Hall–Kier alpha value is -1.56. The second-order valence-corrected chi connectivity index (χ2v) is 7.04. The van der Waals surface area contributed by atoms with E-state index in [0.717, 1.165) is 5.92 Å². The van der Waals surface area contributed by atoms with Crippen LogP contribution in [0.5, 0.6) is 0 Å². The highest BCUT2D eigenvalue weighted by Crippen LogP contribution is 2.40. The van der Waals surface area contributed by atoms with E-state index in [1.807, 2.05) is 0 Å². The van der Waals surface area contributed by atoms with Crippen LogP contribution in [0.2, 0.25) is 0 Å². The first-order valence-corrected chi connectivity index (χ1v) is 9.57. The summed E-state index contributed by atoms with van der Waals surface area (Å²) in [5, 5.41) is 0.